The van der Waals surface area contributed by atoms with Gasteiger partial charge in [-0.15, -0.1) is 0 Å². The SMILES string of the molecule is CC(C)CC(C(=O)NC1CCCNC[C@@H]1O)N(C)C(=O)OC(C)(C)C. The maximum atomic E-state index is 12.8. The minimum Gasteiger partial charge on any atom is -0.444 e. The highest BCUT2D eigenvalue weighted by Crippen LogP contribution is 2.16. The zero-order valence-corrected chi connectivity index (χ0v) is 16.5. The van der Waals surface area contributed by atoms with Gasteiger partial charge in [0.25, 0.3) is 0 Å². The summed E-state index contributed by atoms with van der Waals surface area (Å²) >= 11 is 0. The molecule has 0 bridgehead atoms. The third kappa shape index (κ3) is 7.61. The molecule has 1 heterocycles. The highest BCUT2D eigenvalue weighted by molar-refractivity contribution is 5.85. The van der Waals surface area contributed by atoms with E-state index in [1.807, 2.05) is 13.8 Å². The molecule has 2 unspecified atom stereocenters. The maximum Gasteiger partial charge on any atom is 0.410 e. The molecule has 0 aromatic carbocycles. The molecule has 7 nitrogen and oxygen atoms in total. The molecule has 3 N–H and O–H groups in total. The number of nitrogens with zero attached hydrogens (tertiary/aromatic N) is 1. The minimum absolute atomic E-state index is 0.237. The van der Waals surface area contributed by atoms with Gasteiger partial charge in [0.15, 0.2) is 0 Å². The van der Waals surface area contributed by atoms with Crippen LogP contribution in [0, 0.1) is 5.92 Å². The smallest absolute Gasteiger partial charge is 0.410 e. The van der Waals surface area contributed by atoms with Crippen LogP contribution in [-0.4, -0.2) is 65.9 Å². The standard InChI is InChI=1S/C18H35N3O4/c1-12(2)10-14(21(6)17(24)25-18(3,4)5)16(23)20-13-8-7-9-19-11-15(13)22/h12-15,19,22H,7-11H2,1-6H3,(H,20,23)/t13?,14?,15-/m0/s1. The summed E-state index contributed by atoms with van der Waals surface area (Å²) in [6, 6.07) is -0.928. The van der Waals surface area contributed by atoms with Crippen LogP contribution in [0.25, 0.3) is 0 Å². The van der Waals surface area contributed by atoms with Gasteiger partial charge in [0.2, 0.25) is 5.91 Å². The van der Waals surface area contributed by atoms with Gasteiger partial charge in [0, 0.05) is 13.6 Å². The summed E-state index contributed by atoms with van der Waals surface area (Å²) in [4.78, 5) is 26.5. The van der Waals surface area contributed by atoms with E-state index in [1.165, 1.54) is 4.90 Å². The van der Waals surface area contributed by atoms with Gasteiger partial charge in [-0.25, -0.2) is 4.79 Å². The number of ether oxygens (including phenoxy) is 1. The Hall–Kier alpha value is -1.34. The van der Waals surface area contributed by atoms with E-state index in [0.29, 0.717) is 19.4 Å². The number of nitrogens with one attached hydrogen (secondary N) is 2. The van der Waals surface area contributed by atoms with Gasteiger partial charge in [-0.1, -0.05) is 13.8 Å². The molecule has 0 aromatic heterocycles. The van der Waals surface area contributed by atoms with E-state index in [1.54, 1.807) is 27.8 Å². The summed E-state index contributed by atoms with van der Waals surface area (Å²) < 4.78 is 5.39. The second-order valence-corrected chi connectivity index (χ2v) is 8.27. The number of carbonyl (C=O) groups excluding carboxylic acids is 2. The zero-order chi connectivity index (χ0) is 19.2. The number of hydrogen-bond donors (Lipinski definition) is 3. The predicted octanol–water partition coefficient (Wildman–Crippen LogP) is 1.50. The van der Waals surface area contributed by atoms with Crippen LogP contribution in [0.2, 0.25) is 0 Å². The normalized spacial score (nSPS) is 22.9. The van der Waals surface area contributed by atoms with Crippen LogP contribution in [0.15, 0.2) is 0 Å². The summed E-state index contributed by atoms with van der Waals surface area (Å²) in [7, 11) is 1.59. The first kappa shape index (κ1) is 21.7. The second-order valence-electron chi connectivity index (χ2n) is 8.27. The van der Waals surface area contributed by atoms with Crippen LogP contribution >= 0.6 is 0 Å². The average molecular weight is 357 g/mol. The van der Waals surface area contributed by atoms with Crippen LogP contribution in [0.4, 0.5) is 4.79 Å². The van der Waals surface area contributed by atoms with E-state index >= 15 is 0 Å². The molecule has 3 atom stereocenters. The summed E-state index contributed by atoms with van der Waals surface area (Å²) in [5, 5.41) is 16.3. The van der Waals surface area contributed by atoms with Gasteiger partial charge >= 0.3 is 6.09 Å². The fourth-order valence-corrected chi connectivity index (χ4v) is 2.83. The Bertz CT molecular complexity index is 448. The van der Waals surface area contributed by atoms with E-state index in [9.17, 15) is 14.7 Å². The lowest BCUT2D eigenvalue weighted by atomic mass is 10.0. The van der Waals surface area contributed by atoms with Crippen molar-refractivity contribution in [3.05, 3.63) is 0 Å². The molecule has 0 radical (unpaired) electrons. The van der Waals surface area contributed by atoms with E-state index in [2.05, 4.69) is 10.6 Å². The van der Waals surface area contributed by atoms with Crippen molar-refractivity contribution in [2.45, 2.75) is 77.7 Å². The molecule has 0 aliphatic carbocycles. The number of aliphatic hydroxyl groups is 1. The molecule has 1 rings (SSSR count). The molecule has 2 amide bonds. The van der Waals surface area contributed by atoms with Crippen molar-refractivity contribution < 1.29 is 19.4 Å². The highest BCUT2D eigenvalue weighted by atomic mass is 16.6. The van der Waals surface area contributed by atoms with Gasteiger partial charge in [0.1, 0.15) is 11.6 Å². The Balaban J connectivity index is 2.81. The quantitative estimate of drug-likeness (QED) is 0.694. The minimum atomic E-state index is -0.627. The molecule has 1 aliphatic rings. The summed E-state index contributed by atoms with van der Waals surface area (Å²) in [6.07, 6.45) is 0.987. The van der Waals surface area contributed by atoms with Gasteiger partial charge in [-0.2, -0.15) is 0 Å². The molecule has 0 spiro atoms. The Kier molecular flexibility index (Phi) is 8.15. The summed E-state index contributed by atoms with van der Waals surface area (Å²) in [6.45, 7) is 10.7. The van der Waals surface area contributed by atoms with Gasteiger partial charge in [-0.3, -0.25) is 9.69 Å². The summed E-state index contributed by atoms with van der Waals surface area (Å²) in [5.74, 6) is -0.00521. The third-order valence-electron chi connectivity index (χ3n) is 4.16. The number of aliphatic hydroxyl groups excluding tert-OH is 1. The van der Waals surface area contributed by atoms with Gasteiger partial charge < -0.3 is 20.5 Å². The molecular weight excluding hydrogens is 322 g/mol. The molecular formula is C18H35N3O4. The van der Waals surface area contributed by atoms with Crippen LogP contribution in [0.5, 0.6) is 0 Å². The van der Waals surface area contributed by atoms with E-state index in [4.69, 9.17) is 4.74 Å². The molecule has 1 aliphatic heterocycles. The second kappa shape index (κ2) is 9.38. The lowest BCUT2D eigenvalue weighted by Crippen LogP contribution is -2.54. The maximum absolute atomic E-state index is 12.8. The Labute approximate surface area is 151 Å². The number of β-amino-alcohol motifs (C(OH)–C–C–N with tert-alkyl or cyclic N) is 1. The molecule has 146 valence electrons. The molecule has 1 fully saturated rings. The Morgan fingerprint density at radius 1 is 1.36 bits per heavy atom. The Morgan fingerprint density at radius 2 is 2.00 bits per heavy atom. The number of amides is 2. The lowest BCUT2D eigenvalue weighted by Gasteiger charge is -2.32. The first-order valence-corrected chi connectivity index (χ1v) is 9.16. The monoisotopic (exact) mass is 357 g/mol. The van der Waals surface area contributed by atoms with Crippen molar-refractivity contribution in [2.24, 2.45) is 5.92 Å². The number of hydrogen-bond acceptors (Lipinski definition) is 5. The highest BCUT2D eigenvalue weighted by Gasteiger charge is 2.33. The number of likely N-dealkylation sites (N-methyl/N-ethyl adjacent to an activating group) is 1. The summed E-state index contributed by atoms with van der Waals surface area (Å²) in [5.41, 5.74) is -0.618. The largest absolute Gasteiger partial charge is 0.444 e. The van der Waals surface area contributed by atoms with Gasteiger partial charge in [-0.05, 0) is 52.5 Å². The molecule has 0 aromatic rings. The van der Waals surface area contributed by atoms with E-state index < -0.39 is 23.8 Å². The van der Waals surface area contributed by atoms with E-state index in [-0.39, 0.29) is 17.9 Å². The third-order valence-corrected chi connectivity index (χ3v) is 4.16. The van der Waals surface area contributed by atoms with Crippen molar-refractivity contribution in [2.75, 3.05) is 20.1 Å². The Morgan fingerprint density at radius 3 is 2.56 bits per heavy atom. The van der Waals surface area contributed by atoms with Crippen LogP contribution in [0.3, 0.4) is 0 Å². The fourth-order valence-electron chi connectivity index (χ4n) is 2.83. The number of rotatable bonds is 5. The molecule has 0 saturated carbocycles. The first-order valence-electron chi connectivity index (χ1n) is 9.16. The van der Waals surface area contributed by atoms with Crippen LogP contribution in [-0.2, 0) is 9.53 Å². The van der Waals surface area contributed by atoms with Crippen LogP contribution < -0.4 is 10.6 Å². The van der Waals surface area contributed by atoms with Crippen molar-refractivity contribution in [3.8, 4) is 0 Å². The van der Waals surface area contributed by atoms with Crippen molar-refractivity contribution in [3.63, 3.8) is 0 Å². The zero-order valence-electron chi connectivity index (χ0n) is 16.5. The van der Waals surface area contributed by atoms with Gasteiger partial charge in [0.05, 0.1) is 12.1 Å². The van der Waals surface area contributed by atoms with E-state index in [0.717, 1.165) is 13.0 Å². The first-order chi connectivity index (χ1) is 11.5. The van der Waals surface area contributed by atoms with Crippen molar-refractivity contribution in [1.29, 1.82) is 0 Å². The topological polar surface area (TPSA) is 90.9 Å². The van der Waals surface area contributed by atoms with Crippen LogP contribution in [0.1, 0.15) is 53.9 Å². The fraction of sp³-hybridized carbons (Fsp3) is 0.889. The lowest BCUT2D eigenvalue weighted by molar-refractivity contribution is -0.128. The molecule has 25 heavy (non-hydrogen) atoms. The predicted molar refractivity (Wildman–Crippen MR) is 97.3 cm³/mol. The molecule has 7 heteroatoms. The molecule has 1 saturated heterocycles. The van der Waals surface area contributed by atoms with Crippen molar-refractivity contribution >= 4 is 12.0 Å². The average Bonchev–Trinajstić information content (AvgIpc) is 2.67. The van der Waals surface area contributed by atoms with Crippen molar-refractivity contribution in [1.82, 2.24) is 15.5 Å². The number of carbonyl (C=O) groups is 2.